The highest BCUT2D eigenvalue weighted by Crippen LogP contribution is 2.51. The molecule has 1 rings (SSSR count). The Kier molecular flexibility index (Phi) is 33.8. The molecule has 20 nitrogen and oxygen atoms in total. The van der Waals surface area contributed by atoms with Gasteiger partial charge in [0.25, 0.3) is 0 Å². The lowest BCUT2D eigenvalue weighted by Gasteiger charge is -2.44. The molecule has 0 aliphatic heterocycles. The molecular formula is C41H79O20P3S. The number of thioether (sulfide) groups is 1. The quantitative estimate of drug-likeness (QED) is 0.0168. The summed E-state index contributed by atoms with van der Waals surface area (Å²) in [7, 11) is -16.6. The number of unbranched alkanes of at least 4 members (excludes halogenated alkanes) is 20. The average molecular weight is 1020 g/mol. The summed E-state index contributed by atoms with van der Waals surface area (Å²) in [6.45, 7) is 3.29. The standard InChI is InChI=1S/C41H79O20P3S/c1-3-5-6-7-8-9-10-11-12-14-17-20-23-27-33(42)58-32(30-34(43)56-28-24-21-18-15-13-16-19-22-25-29-65-35(44)26-4-2)31-57-64(54,55)61-41-37(46)39(59-62(48,49)50)36(45)40(38(41)47)60-63(51,52)53/h32,36-41,45-47H,3-31H2,1-2H3,(H,54,55)(H2,48,49,50)(H2,51,52,53)/t32-,36?,37+,38?,39+,40-,41?/m1/s1. The van der Waals surface area contributed by atoms with Crippen LogP contribution in [-0.4, -0.2) is 119 Å². The summed E-state index contributed by atoms with van der Waals surface area (Å²) in [4.78, 5) is 85.0. The van der Waals surface area contributed by atoms with E-state index in [-0.39, 0.29) is 18.1 Å². The normalized spacial score (nSPS) is 21.8. The van der Waals surface area contributed by atoms with E-state index in [2.05, 4.69) is 16.0 Å². The molecule has 0 bridgehead atoms. The molecule has 384 valence electrons. The van der Waals surface area contributed by atoms with Crippen LogP contribution in [-0.2, 0) is 55.6 Å². The van der Waals surface area contributed by atoms with Gasteiger partial charge in [0.2, 0.25) is 0 Å². The first-order chi connectivity index (χ1) is 30.7. The fraction of sp³-hybridized carbons (Fsp3) is 0.927. The van der Waals surface area contributed by atoms with E-state index in [9.17, 15) is 67.9 Å². The highest BCUT2D eigenvalue weighted by Gasteiger charge is 2.56. The summed E-state index contributed by atoms with van der Waals surface area (Å²) in [5.74, 6) is -0.680. The topological polar surface area (TPSA) is 320 Å². The lowest BCUT2D eigenvalue weighted by molar-refractivity contribution is -0.213. The van der Waals surface area contributed by atoms with E-state index < -0.39 is 91.2 Å². The van der Waals surface area contributed by atoms with Crippen LogP contribution in [0.3, 0.4) is 0 Å². The lowest BCUT2D eigenvalue weighted by Crippen LogP contribution is -2.65. The van der Waals surface area contributed by atoms with Gasteiger partial charge >= 0.3 is 35.4 Å². The van der Waals surface area contributed by atoms with Crippen LogP contribution in [0, 0.1) is 0 Å². The van der Waals surface area contributed by atoms with Gasteiger partial charge in [0.15, 0.2) is 5.12 Å². The van der Waals surface area contributed by atoms with Gasteiger partial charge in [-0.25, -0.2) is 13.7 Å². The van der Waals surface area contributed by atoms with Crippen molar-refractivity contribution in [1.29, 1.82) is 0 Å². The minimum absolute atomic E-state index is 0.0274. The third kappa shape index (κ3) is 31.8. The average Bonchev–Trinajstić information content (AvgIpc) is 3.21. The molecule has 1 aliphatic carbocycles. The number of carbonyl (C=O) groups is 3. The lowest BCUT2D eigenvalue weighted by atomic mass is 9.85. The molecule has 0 spiro atoms. The number of carbonyl (C=O) groups excluding carboxylic acids is 3. The fourth-order valence-corrected chi connectivity index (χ4v) is 10.3. The SMILES string of the molecule is CCCCCCCCCCCCCCCC(=O)O[C@@H](COP(=O)(O)OC1C(O)[C@H](OP(=O)(O)O)C(O)[C@H](OP(=O)(O)O)[C@@H]1O)CC(=O)OCCCCCCCCCCCSC(=O)CCC. The minimum atomic E-state index is -5.56. The molecule has 1 fully saturated rings. The van der Waals surface area contributed by atoms with Gasteiger partial charge in [-0.05, 0) is 25.7 Å². The molecule has 4 unspecified atom stereocenters. The number of hydrogen-bond donors (Lipinski definition) is 8. The molecule has 0 radical (unpaired) electrons. The highest BCUT2D eigenvalue weighted by atomic mass is 32.2. The van der Waals surface area contributed by atoms with Crippen LogP contribution < -0.4 is 0 Å². The Labute approximate surface area is 389 Å². The zero-order valence-electron chi connectivity index (χ0n) is 38.3. The van der Waals surface area contributed by atoms with Gasteiger partial charge in [-0.3, -0.25) is 32.5 Å². The van der Waals surface area contributed by atoms with Crippen molar-refractivity contribution < 1.29 is 95.4 Å². The van der Waals surface area contributed by atoms with Crippen molar-refractivity contribution in [2.24, 2.45) is 0 Å². The van der Waals surface area contributed by atoms with E-state index in [1.807, 2.05) is 6.92 Å². The summed E-state index contributed by atoms with van der Waals surface area (Å²) in [6, 6.07) is 0. The first kappa shape index (κ1) is 62.2. The Balaban J connectivity index is 2.75. The van der Waals surface area contributed by atoms with Crippen LogP contribution >= 0.6 is 35.2 Å². The summed E-state index contributed by atoms with van der Waals surface area (Å²) in [5, 5.41) is 32.1. The molecule has 0 amide bonds. The number of aliphatic hydroxyl groups excluding tert-OH is 3. The predicted molar refractivity (Wildman–Crippen MR) is 242 cm³/mol. The molecule has 0 aromatic rings. The first-order valence-corrected chi connectivity index (χ1v) is 28.9. The minimum Gasteiger partial charge on any atom is -0.466 e. The van der Waals surface area contributed by atoms with Gasteiger partial charge in [-0.15, -0.1) is 0 Å². The van der Waals surface area contributed by atoms with Gasteiger partial charge in [0.05, 0.1) is 19.6 Å². The van der Waals surface area contributed by atoms with Crippen molar-refractivity contribution in [2.45, 2.75) is 224 Å². The maximum Gasteiger partial charge on any atom is 0.472 e. The second-order valence-corrected chi connectivity index (χ2v) is 21.6. The van der Waals surface area contributed by atoms with Gasteiger partial charge in [-0.2, -0.15) is 0 Å². The third-order valence-electron chi connectivity index (χ3n) is 10.7. The monoisotopic (exact) mass is 1020 g/mol. The van der Waals surface area contributed by atoms with Crippen LogP contribution in [0.1, 0.15) is 181 Å². The number of aliphatic hydroxyl groups is 3. The van der Waals surface area contributed by atoms with Crippen LogP contribution in [0.2, 0.25) is 0 Å². The van der Waals surface area contributed by atoms with Crippen molar-refractivity contribution in [3.8, 4) is 0 Å². The maximum atomic E-state index is 13.1. The number of ether oxygens (including phenoxy) is 2. The molecule has 0 saturated heterocycles. The molecule has 65 heavy (non-hydrogen) atoms. The third-order valence-corrected chi connectivity index (χ3v) is 13.7. The molecule has 0 aromatic carbocycles. The fourth-order valence-electron chi connectivity index (χ4n) is 7.22. The number of phosphoric ester groups is 3. The van der Waals surface area contributed by atoms with Crippen molar-refractivity contribution in [3.63, 3.8) is 0 Å². The number of phosphoric acid groups is 3. The van der Waals surface area contributed by atoms with Crippen molar-refractivity contribution in [3.05, 3.63) is 0 Å². The Morgan fingerprint density at radius 3 is 1.38 bits per heavy atom. The molecule has 0 aromatic heterocycles. The van der Waals surface area contributed by atoms with Crippen LogP contribution in [0.15, 0.2) is 0 Å². The highest BCUT2D eigenvalue weighted by molar-refractivity contribution is 8.13. The second kappa shape index (κ2) is 35.3. The Bertz CT molecular complexity index is 1410. The smallest absolute Gasteiger partial charge is 0.466 e. The number of esters is 2. The molecule has 0 heterocycles. The zero-order valence-corrected chi connectivity index (χ0v) is 41.8. The molecule has 1 saturated carbocycles. The van der Waals surface area contributed by atoms with E-state index >= 15 is 0 Å². The van der Waals surface area contributed by atoms with Crippen molar-refractivity contribution >= 4 is 52.3 Å². The number of hydrogen-bond acceptors (Lipinski definition) is 16. The van der Waals surface area contributed by atoms with Gasteiger partial charge < -0.3 is 49.3 Å². The summed E-state index contributed by atoms with van der Waals surface area (Å²) < 4.78 is 65.4. The summed E-state index contributed by atoms with van der Waals surface area (Å²) in [5.41, 5.74) is 0. The molecule has 24 heteroatoms. The van der Waals surface area contributed by atoms with Gasteiger partial charge in [0, 0.05) is 18.6 Å². The predicted octanol–water partition coefficient (Wildman–Crippen LogP) is 7.44. The molecule has 8 atom stereocenters. The molecule has 1 aliphatic rings. The summed E-state index contributed by atoms with van der Waals surface area (Å²) >= 11 is 1.41. The first-order valence-electron chi connectivity index (χ1n) is 23.4. The van der Waals surface area contributed by atoms with Crippen LogP contribution in [0.5, 0.6) is 0 Å². The molecular weight excluding hydrogens is 937 g/mol. The van der Waals surface area contributed by atoms with Crippen molar-refractivity contribution in [2.75, 3.05) is 19.0 Å². The summed E-state index contributed by atoms with van der Waals surface area (Å²) in [6.07, 6.45) is 7.18. The van der Waals surface area contributed by atoms with Crippen molar-refractivity contribution in [1.82, 2.24) is 0 Å². The Hall–Kier alpha value is -0.830. The van der Waals surface area contributed by atoms with Gasteiger partial charge in [-0.1, -0.05) is 148 Å². The van der Waals surface area contributed by atoms with E-state index in [4.69, 9.17) is 18.5 Å². The van der Waals surface area contributed by atoms with Crippen LogP contribution in [0.25, 0.3) is 0 Å². The largest absolute Gasteiger partial charge is 0.472 e. The van der Waals surface area contributed by atoms with E-state index in [1.165, 1.54) is 56.7 Å². The molecule has 8 N–H and O–H groups in total. The number of rotatable bonds is 40. The van der Waals surface area contributed by atoms with E-state index in [1.54, 1.807) is 0 Å². The Morgan fingerprint density at radius 2 is 0.938 bits per heavy atom. The zero-order chi connectivity index (χ0) is 48.7. The van der Waals surface area contributed by atoms with E-state index in [0.717, 1.165) is 95.6 Å². The van der Waals surface area contributed by atoms with Crippen LogP contribution in [0.4, 0.5) is 0 Å². The van der Waals surface area contributed by atoms with Gasteiger partial charge in [0.1, 0.15) is 42.7 Å². The Morgan fingerprint density at radius 1 is 0.523 bits per heavy atom. The maximum absolute atomic E-state index is 13.1. The second-order valence-electron chi connectivity index (χ2n) is 16.6. The van der Waals surface area contributed by atoms with E-state index in [0.29, 0.717) is 19.3 Å².